The Balaban J connectivity index is 0.00000128. The third-order valence-electron chi connectivity index (χ3n) is 3.03. The first-order chi connectivity index (χ1) is 7.16. The van der Waals surface area contributed by atoms with Crippen molar-refractivity contribution in [1.82, 2.24) is 15.4 Å². The zero-order chi connectivity index (χ0) is 10.8. The molecule has 2 rings (SSSR count). The number of halogens is 1. The first kappa shape index (κ1) is 13.5. The van der Waals surface area contributed by atoms with Gasteiger partial charge < -0.3 is 9.84 Å². The number of hydrogen-bond acceptors (Lipinski definition) is 4. The summed E-state index contributed by atoms with van der Waals surface area (Å²) in [7, 11) is 0. The standard InChI is InChI=1S/C11H19N3O.ClH/c1-8-5-12-6-9(2)14(8)7-11-4-10(3)15-13-11;/h4,8-9,12H,5-7H2,1-3H3;1H/t8-,9+;. The zero-order valence-corrected chi connectivity index (χ0v) is 10.9. The first-order valence-electron chi connectivity index (χ1n) is 5.55. The molecule has 1 aromatic rings. The Kier molecular flexibility index (Phi) is 4.77. The average Bonchev–Trinajstić information content (AvgIpc) is 2.58. The Hall–Kier alpha value is -0.580. The molecule has 1 N–H and O–H groups in total. The minimum atomic E-state index is 0. The van der Waals surface area contributed by atoms with E-state index in [2.05, 4.69) is 29.2 Å². The van der Waals surface area contributed by atoms with Gasteiger partial charge in [-0.25, -0.2) is 0 Å². The maximum atomic E-state index is 5.08. The van der Waals surface area contributed by atoms with Gasteiger partial charge in [-0.05, 0) is 20.8 Å². The van der Waals surface area contributed by atoms with E-state index in [1.165, 1.54) is 0 Å². The number of rotatable bonds is 2. The summed E-state index contributed by atoms with van der Waals surface area (Å²) in [6.45, 7) is 9.43. The summed E-state index contributed by atoms with van der Waals surface area (Å²) in [6.07, 6.45) is 0. The number of nitrogens with one attached hydrogen (secondary N) is 1. The van der Waals surface area contributed by atoms with Crippen molar-refractivity contribution in [3.63, 3.8) is 0 Å². The van der Waals surface area contributed by atoms with E-state index in [9.17, 15) is 0 Å². The van der Waals surface area contributed by atoms with Crippen molar-refractivity contribution in [3.8, 4) is 0 Å². The largest absolute Gasteiger partial charge is 0.361 e. The van der Waals surface area contributed by atoms with E-state index < -0.39 is 0 Å². The van der Waals surface area contributed by atoms with Crippen LogP contribution in [0.5, 0.6) is 0 Å². The van der Waals surface area contributed by atoms with Crippen LogP contribution in [-0.4, -0.2) is 35.2 Å². The lowest BCUT2D eigenvalue weighted by Gasteiger charge is -2.38. The SMILES string of the molecule is Cc1cc(CN2[C@H](C)CNC[C@@H]2C)no1.Cl. The first-order valence-corrected chi connectivity index (χ1v) is 5.55. The van der Waals surface area contributed by atoms with Crippen LogP contribution in [-0.2, 0) is 6.54 Å². The van der Waals surface area contributed by atoms with Crippen LogP contribution in [0.1, 0.15) is 25.3 Å². The normalized spacial score (nSPS) is 26.4. The highest BCUT2D eigenvalue weighted by Gasteiger charge is 2.24. The summed E-state index contributed by atoms with van der Waals surface area (Å²) in [5.41, 5.74) is 1.04. The quantitative estimate of drug-likeness (QED) is 0.859. The molecule has 16 heavy (non-hydrogen) atoms. The number of nitrogens with zero attached hydrogens (tertiary/aromatic N) is 2. The number of piperazine rings is 1. The van der Waals surface area contributed by atoms with Crippen LogP contribution in [0.3, 0.4) is 0 Å². The van der Waals surface area contributed by atoms with E-state index in [4.69, 9.17) is 4.52 Å². The van der Waals surface area contributed by atoms with E-state index in [0.717, 1.165) is 31.1 Å². The fraction of sp³-hybridized carbons (Fsp3) is 0.727. The summed E-state index contributed by atoms with van der Waals surface area (Å²) in [5.74, 6) is 0.889. The van der Waals surface area contributed by atoms with Gasteiger partial charge in [-0.3, -0.25) is 4.90 Å². The molecule has 1 aliphatic heterocycles. The Labute approximate surface area is 103 Å². The maximum absolute atomic E-state index is 5.08. The second-order valence-electron chi connectivity index (χ2n) is 4.46. The van der Waals surface area contributed by atoms with Gasteiger partial charge in [0.25, 0.3) is 0 Å². The fourth-order valence-corrected chi connectivity index (χ4v) is 2.16. The summed E-state index contributed by atoms with van der Waals surface area (Å²) in [6, 6.07) is 3.14. The van der Waals surface area contributed by atoms with E-state index in [1.54, 1.807) is 0 Å². The third kappa shape index (κ3) is 2.97. The minimum Gasteiger partial charge on any atom is -0.361 e. The molecule has 92 valence electrons. The lowest BCUT2D eigenvalue weighted by atomic mass is 10.1. The minimum absolute atomic E-state index is 0. The topological polar surface area (TPSA) is 41.3 Å². The molecule has 0 aromatic carbocycles. The second-order valence-corrected chi connectivity index (χ2v) is 4.46. The van der Waals surface area contributed by atoms with Gasteiger partial charge in [0.1, 0.15) is 5.76 Å². The van der Waals surface area contributed by atoms with Crippen molar-refractivity contribution in [2.24, 2.45) is 0 Å². The molecule has 0 radical (unpaired) electrons. The molecule has 0 spiro atoms. The molecule has 0 bridgehead atoms. The smallest absolute Gasteiger partial charge is 0.133 e. The van der Waals surface area contributed by atoms with Gasteiger partial charge in [-0.15, -0.1) is 12.4 Å². The highest BCUT2D eigenvalue weighted by molar-refractivity contribution is 5.85. The van der Waals surface area contributed by atoms with Crippen molar-refractivity contribution >= 4 is 12.4 Å². The summed E-state index contributed by atoms with van der Waals surface area (Å²) < 4.78 is 5.08. The Morgan fingerprint density at radius 3 is 2.56 bits per heavy atom. The van der Waals surface area contributed by atoms with Gasteiger partial charge in [0.15, 0.2) is 0 Å². The lowest BCUT2D eigenvalue weighted by Crippen LogP contribution is -2.54. The summed E-state index contributed by atoms with van der Waals surface area (Å²) in [4.78, 5) is 2.47. The molecular weight excluding hydrogens is 226 g/mol. The van der Waals surface area contributed by atoms with Crippen molar-refractivity contribution in [1.29, 1.82) is 0 Å². The van der Waals surface area contributed by atoms with Gasteiger partial charge in [-0.2, -0.15) is 0 Å². The predicted octanol–water partition coefficient (Wildman–Crippen LogP) is 1.59. The third-order valence-corrected chi connectivity index (χ3v) is 3.03. The highest BCUT2D eigenvalue weighted by atomic mass is 35.5. The van der Waals surface area contributed by atoms with E-state index in [0.29, 0.717) is 12.1 Å². The molecule has 4 nitrogen and oxygen atoms in total. The predicted molar refractivity (Wildman–Crippen MR) is 65.8 cm³/mol. The number of aromatic nitrogens is 1. The monoisotopic (exact) mass is 245 g/mol. The Morgan fingerprint density at radius 2 is 2.06 bits per heavy atom. The van der Waals surface area contributed by atoms with E-state index >= 15 is 0 Å². The van der Waals surface area contributed by atoms with Crippen LogP contribution in [0.4, 0.5) is 0 Å². The van der Waals surface area contributed by atoms with E-state index in [1.807, 2.05) is 13.0 Å². The Bertz CT molecular complexity index is 319. The van der Waals surface area contributed by atoms with Crippen molar-refractivity contribution < 1.29 is 4.52 Å². The molecule has 1 aromatic heterocycles. The lowest BCUT2D eigenvalue weighted by molar-refractivity contribution is 0.106. The molecule has 0 amide bonds. The molecule has 0 aliphatic carbocycles. The maximum Gasteiger partial charge on any atom is 0.133 e. The summed E-state index contributed by atoms with van der Waals surface area (Å²) >= 11 is 0. The molecule has 2 heterocycles. The van der Waals surface area contributed by atoms with Gasteiger partial charge >= 0.3 is 0 Å². The van der Waals surface area contributed by atoms with Crippen LogP contribution in [0.25, 0.3) is 0 Å². The van der Waals surface area contributed by atoms with Crippen LogP contribution in [0, 0.1) is 6.92 Å². The van der Waals surface area contributed by atoms with Crippen LogP contribution in [0.2, 0.25) is 0 Å². The van der Waals surface area contributed by atoms with Gasteiger partial charge in [-0.1, -0.05) is 5.16 Å². The van der Waals surface area contributed by atoms with Crippen molar-refractivity contribution in [2.45, 2.75) is 39.4 Å². The molecule has 1 aliphatic rings. The van der Waals surface area contributed by atoms with Crippen molar-refractivity contribution in [2.75, 3.05) is 13.1 Å². The highest BCUT2D eigenvalue weighted by Crippen LogP contribution is 2.14. The van der Waals surface area contributed by atoms with Crippen LogP contribution in [0.15, 0.2) is 10.6 Å². The molecule has 0 saturated carbocycles. The van der Waals surface area contributed by atoms with Gasteiger partial charge in [0.2, 0.25) is 0 Å². The van der Waals surface area contributed by atoms with Gasteiger partial charge in [0, 0.05) is 37.8 Å². The zero-order valence-electron chi connectivity index (χ0n) is 10.1. The Morgan fingerprint density at radius 1 is 1.44 bits per heavy atom. The number of aryl methyl sites for hydroxylation is 1. The van der Waals surface area contributed by atoms with Crippen LogP contribution < -0.4 is 5.32 Å². The molecule has 1 fully saturated rings. The fourth-order valence-electron chi connectivity index (χ4n) is 2.16. The molecule has 5 heteroatoms. The van der Waals surface area contributed by atoms with E-state index in [-0.39, 0.29) is 12.4 Å². The average molecular weight is 246 g/mol. The van der Waals surface area contributed by atoms with Gasteiger partial charge in [0.05, 0.1) is 5.69 Å². The van der Waals surface area contributed by atoms with Crippen molar-refractivity contribution in [3.05, 3.63) is 17.5 Å². The molecule has 2 atom stereocenters. The molecule has 1 saturated heterocycles. The molecule has 0 unspecified atom stereocenters. The van der Waals surface area contributed by atoms with Crippen LogP contribution >= 0.6 is 12.4 Å². The number of hydrogen-bond donors (Lipinski definition) is 1. The second kappa shape index (κ2) is 5.66. The molecular formula is C11H20ClN3O. The summed E-state index contributed by atoms with van der Waals surface area (Å²) in [5, 5.41) is 7.46.